The highest BCUT2D eigenvalue weighted by Crippen LogP contribution is 2.39. The maximum Gasteiger partial charge on any atom is 0.410 e. The van der Waals surface area contributed by atoms with Crippen LogP contribution in [0.4, 0.5) is 4.79 Å². The number of amides is 1. The average Bonchev–Trinajstić information content (AvgIpc) is 1.15. The third kappa shape index (κ3) is 19.3. The van der Waals surface area contributed by atoms with Crippen LogP contribution in [0.3, 0.4) is 0 Å². The van der Waals surface area contributed by atoms with Crippen LogP contribution in [-0.4, -0.2) is 110 Å². The van der Waals surface area contributed by atoms with Crippen molar-refractivity contribution in [3.05, 3.63) is 323 Å². The number of likely N-dealkylation sites (tertiary alicyclic amines) is 1. The minimum absolute atomic E-state index is 0.00919. The summed E-state index contributed by atoms with van der Waals surface area (Å²) >= 11 is 0. The normalized spacial score (nSPS) is 24.1. The van der Waals surface area contributed by atoms with Gasteiger partial charge in [0.25, 0.3) is 0 Å². The standard InChI is InChI=1S/C81H85NO14/c1-59-72(87-51-63-35-17-5-18-36-63)75(88-52-64-37-19-6-20-38-64)77(90-54-66-41-23-8-24-42-66)79(93-59)96-74-71(58-85-49-61-31-13-3-14-32-61)94-80(78(91-55-67-43-25-9-26-44-67)76(74)89-53-65-39-21-7-22-40-65)95-73-69(57-84-48-60-29-11-2-12-30-60)82(81(83)92-56-68-45-27-10-28-46-68)47-70(73)86-50-62-33-15-4-16-34-62/h2-46,59,69-80H,47-58H2,1H3/t59-,69-,70-,71-,72-,73-,74-,75+,76+,77-,78-,79-,80-/m1/s1. The fraction of sp³-hybridized carbons (Fsp3) is 0.321. The molecule has 3 fully saturated rings. The first-order valence-corrected chi connectivity index (χ1v) is 33.2. The van der Waals surface area contributed by atoms with E-state index in [0.717, 1.165) is 50.1 Å². The Morgan fingerprint density at radius 1 is 0.333 bits per heavy atom. The van der Waals surface area contributed by atoms with Crippen LogP contribution in [-0.2, 0) is 121 Å². The van der Waals surface area contributed by atoms with Gasteiger partial charge in [-0.1, -0.05) is 273 Å². The summed E-state index contributed by atoms with van der Waals surface area (Å²) in [4.78, 5) is 16.5. The monoisotopic (exact) mass is 1300 g/mol. The molecule has 0 N–H and O–H groups in total. The number of hydrogen-bond acceptors (Lipinski definition) is 14. The minimum Gasteiger partial charge on any atom is -0.445 e. The lowest BCUT2D eigenvalue weighted by molar-refractivity contribution is -0.379. The van der Waals surface area contributed by atoms with Crippen LogP contribution in [0.2, 0.25) is 0 Å². The van der Waals surface area contributed by atoms with E-state index in [0.29, 0.717) is 6.61 Å². The largest absolute Gasteiger partial charge is 0.445 e. The summed E-state index contributed by atoms with van der Waals surface area (Å²) in [6.45, 7) is 3.88. The molecule has 0 bridgehead atoms. The van der Waals surface area contributed by atoms with Crippen molar-refractivity contribution < 1.29 is 66.4 Å². The van der Waals surface area contributed by atoms with Gasteiger partial charge in [-0.3, -0.25) is 4.90 Å². The molecule has 0 radical (unpaired) electrons. The molecule has 1 amide bonds. The van der Waals surface area contributed by atoms with Crippen LogP contribution in [0.15, 0.2) is 273 Å². The number of ether oxygens (including phenoxy) is 13. The highest BCUT2D eigenvalue weighted by atomic mass is 16.8. The summed E-state index contributed by atoms with van der Waals surface area (Å²) in [5.41, 5.74) is 8.41. The first-order valence-electron chi connectivity index (χ1n) is 33.2. The number of nitrogens with zero attached hydrogens (tertiary/aromatic N) is 1. The second-order valence-electron chi connectivity index (χ2n) is 24.4. The summed E-state index contributed by atoms with van der Waals surface area (Å²) in [6, 6.07) is 88.7. The molecule has 0 saturated carbocycles. The lowest BCUT2D eigenvalue weighted by atomic mass is 9.95. The van der Waals surface area contributed by atoms with Crippen molar-refractivity contribution in [1.29, 1.82) is 0 Å². The van der Waals surface area contributed by atoms with Crippen molar-refractivity contribution in [2.24, 2.45) is 0 Å². The molecule has 12 rings (SSSR count). The Labute approximate surface area is 563 Å². The molecule has 0 aromatic heterocycles. The van der Waals surface area contributed by atoms with Crippen molar-refractivity contribution >= 4 is 6.09 Å². The smallest absolute Gasteiger partial charge is 0.410 e. The first kappa shape index (κ1) is 67.7. The molecule has 96 heavy (non-hydrogen) atoms. The second-order valence-corrected chi connectivity index (χ2v) is 24.4. The number of benzene rings is 9. The molecule has 498 valence electrons. The van der Waals surface area contributed by atoms with Crippen LogP contribution < -0.4 is 0 Å². The molecule has 13 atom stereocenters. The van der Waals surface area contributed by atoms with E-state index in [1.54, 1.807) is 4.90 Å². The van der Waals surface area contributed by atoms with Crippen molar-refractivity contribution in [3.8, 4) is 0 Å². The Morgan fingerprint density at radius 2 is 0.635 bits per heavy atom. The van der Waals surface area contributed by atoms with E-state index in [1.165, 1.54) is 0 Å². The molecule has 15 nitrogen and oxygen atoms in total. The Bertz CT molecular complexity index is 3630. The van der Waals surface area contributed by atoms with Gasteiger partial charge in [0.15, 0.2) is 12.6 Å². The number of carbonyl (C=O) groups is 1. The molecule has 3 aliphatic heterocycles. The van der Waals surface area contributed by atoms with Crippen molar-refractivity contribution in [3.63, 3.8) is 0 Å². The van der Waals surface area contributed by atoms with E-state index in [2.05, 4.69) is 0 Å². The Hall–Kier alpha value is -8.23. The van der Waals surface area contributed by atoms with Crippen molar-refractivity contribution in [1.82, 2.24) is 4.90 Å². The van der Waals surface area contributed by atoms with Gasteiger partial charge in [0.05, 0.1) is 84.8 Å². The molecule has 3 aliphatic rings. The summed E-state index contributed by atoms with van der Waals surface area (Å²) in [5.74, 6) is 0. The summed E-state index contributed by atoms with van der Waals surface area (Å²) in [6.07, 6.45) is -11.5. The fourth-order valence-electron chi connectivity index (χ4n) is 12.4. The average molecular weight is 1300 g/mol. The van der Waals surface area contributed by atoms with Gasteiger partial charge >= 0.3 is 6.09 Å². The second kappa shape index (κ2) is 35.7. The lowest BCUT2D eigenvalue weighted by Crippen LogP contribution is -2.66. The topological polar surface area (TPSA) is 140 Å². The predicted octanol–water partition coefficient (Wildman–Crippen LogP) is 14.2. The van der Waals surface area contributed by atoms with Crippen molar-refractivity contribution in [2.45, 2.75) is 146 Å². The first-order chi connectivity index (χ1) is 47.4. The number of rotatable bonds is 32. The fourth-order valence-corrected chi connectivity index (χ4v) is 12.4. The van der Waals surface area contributed by atoms with Gasteiger partial charge in [0.1, 0.15) is 61.5 Å². The molecule has 0 spiro atoms. The zero-order valence-electron chi connectivity index (χ0n) is 54.1. The molecule has 9 aromatic carbocycles. The number of hydrogen-bond donors (Lipinski definition) is 0. The molecule has 0 unspecified atom stereocenters. The maximum atomic E-state index is 14.9. The van der Waals surface area contributed by atoms with Crippen LogP contribution >= 0.6 is 0 Å². The molecule has 9 aromatic rings. The molecule has 3 saturated heterocycles. The van der Waals surface area contributed by atoms with Crippen LogP contribution in [0.25, 0.3) is 0 Å². The van der Waals surface area contributed by atoms with Gasteiger partial charge in [-0.2, -0.15) is 0 Å². The Kier molecular flexibility index (Phi) is 25.2. The van der Waals surface area contributed by atoms with E-state index in [4.69, 9.17) is 61.6 Å². The maximum absolute atomic E-state index is 14.9. The highest BCUT2D eigenvalue weighted by molar-refractivity contribution is 5.69. The third-order valence-corrected chi connectivity index (χ3v) is 17.4. The quantitative estimate of drug-likeness (QED) is 0.0395. The van der Waals surface area contributed by atoms with E-state index in [1.807, 2.05) is 280 Å². The van der Waals surface area contributed by atoms with Gasteiger partial charge in [-0.05, 0) is 57.0 Å². The molecule has 0 aliphatic carbocycles. The van der Waals surface area contributed by atoms with Crippen molar-refractivity contribution in [2.75, 3.05) is 19.8 Å². The SMILES string of the molecule is C[C@H]1O[C@H](O[C@H]2[C@H](OCc3ccccc3)[C@@H](OCc3ccccc3)[C@@H](O[C@@H]3[C@@H](COCc4ccccc4)N(C(=O)OCc4ccccc4)C[C@H]3OCc3ccccc3)O[C@@H]2COCc2ccccc2)[C@H](OCc2ccccc2)[C@@H](OCc2ccccc2)[C@@H]1OCc1ccccc1. The summed E-state index contributed by atoms with van der Waals surface area (Å²) < 4.78 is 92.5. The van der Waals surface area contributed by atoms with Gasteiger partial charge < -0.3 is 61.6 Å². The van der Waals surface area contributed by atoms with Crippen LogP contribution in [0.5, 0.6) is 0 Å². The van der Waals surface area contributed by atoms with E-state index < -0.39 is 85.8 Å². The molecule has 3 heterocycles. The minimum atomic E-state index is -1.24. The molecule has 15 heteroatoms. The van der Waals surface area contributed by atoms with Crippen LogP contribution in [0, 0.1) is 0 Å². The van der Waals surface area contributed by atoms with E-state index >= 15 is 0 Å². The van der Waals surface area contributed by atoms with E-state index in [9.17, 15) is 4.79 Å². The Balaban J connectivity index is 0.946. The zero-order valence-corrected chi connectivity index (χ0v) is 54.1. The lowest BCUT2D eigenvalue weighted by Gasteiger charge is -2.50. The van der Waals surface area contributed by atoms with Gasteiger partial charge in [0, 0.05) is 0 Å². The van der Waals surface area contributed by atoms with Gasteiger partial charge in [-0.15, -0.1) is 0 Å². The predicted molar refractivity (Wildman–Crippen MR) is 362 cm³/mol. The van der Waals surface area contributed by atoms with Crippen LogP contribution in [0.1, 0.15) is 57.0 Å². The van der Waals surface area contributed by atoms with Gasteiger partial charge in [0.2, 0.25) is 0 Å². The summed E-state index contributed by atoms with van der Waals surface area (Å²) in [5, 5.41) is 0. The third-order valence-electron chi connectivity index (χ3n) is 17.4. The molecular weight excluding hydrogens is 1210 g/mol. The van der Waals surface area contributed by atoms with E-state index in [-0.39, 0.29) is 72.6 Å². The summed E-state index contributed by atoms with van der Waals surface area (Å²) in [7, 11) is 0. The number of carbonyl (C=O) groups excluding carboxylic acids is 1. The Morgan fingerprint density at radius 3 is 1.03 bits per heavy atom. The highest BCUT2D eigenvalue weighted by Gasteiger charge is 2.56. The zero-order chi connectivity index (χ0) is 65.4. The molecular formula is C81H85NO14. The van der Waals surface area contributed by atoms with Gasteiger partial charge in [-0.25, -0.2) is 4.79 Å².